The van der Waals surface area contributed by atoms with E-state index in [1.807, 2.05) is 0 Å². The number of carbonyl (C=O) groups excluding carboxylic acids is 1. The molecule has 144 valence electrons. The summed E-state index contributed by atoms with van der Waals surface area (Å²) in [6.45, 7) is 3.02. The topological polar surface area (TPSA) is 110 Å². The summed E-state index contributed by atoms with van der Waals surface area (Å²) in [4.78, 5) is 23.0. The van der Waals surface area contributed by atoms with E-state index < -0.39 is 26.9 Å². The monoisotopic (exact) mass is 411 g/mol. The number of non-ortho nitro benzene ring substituents is 1. The van der Waals surface area contributed by atoms with Crippen LogP contribution in [0.1, 0.15) is 12.5 Å². The smallest absolute Gasteiger partial charge is 0.271 e. The Morgan fingerprint density at radius 1 is 1.22 bits per heavy atom. The summed E-state index contributed by atoms with van der Waals surface area (Å²) in [6, 6.07) is 9.04. The van der Waals surface area contributed by atoms with Crippen molar-refractivity contribution in [1.82, 2.24) is 0 Å². The standard InChI is InChI=1S/C17H18ClN3O5S/c1-11-4-9-15(21(23)24)10-16(11)20(27(3,25)26)12(2)17(22)19-14-7-5-13(18)6-8-14/h4-10,12H,1-3H3,(H,19,22). The van der Waals surface area contributed by atoms with Crippen LogP contribution in [0.4, 0.5) is 17.1 Å². The number of sulfonamides is 1. The number of amides is 1. The molecule has 0 fully saturated rings. The molecule has 8 nitrogen and oxygen atoms in total. The highest BCUT2D eigenvalue weighted by atomic mass is 35.5. The van der Waals surface area contributed by atoms with Crippen LogP contribution in [0.15, 0.2) is 42.5 Å². The van der Waals surface area contributed by atoms with E-state index in [0.29, 0.717) is 16.3 Å². The first-order valence-corrected chi connectivity index (χ1v) is 10.0. The van der Waals surface area contributed by atoms with Gasteiger partial charge in [0.25, 0.3) is 5.69 Å². The molecule has 0 aromatic heterocycles. The second-order valence-electron chi connectivity index (χ2n) is 5.96. The van der Waals surface area contributed by atoms with Gasteiger partial charge in [-0.15, -0.1) is 0 Å². The quantitative estimate of drug-likeness (QED) is 0.579. The van der Waals surface area contributed by atoms with Crippen molar-refractivity contribution < 1.29 is 18.1 Å². The van der Waals surface area contributed by atoms with Crippen LogP contribution in [0.2, 0.25) is 5.02 Å². The maximum Gasteiger partial charge on any atom is 0.271 e. The van der Waals surface area contributed by atoms with Crippen LogP contribution in [-0.4, -0.2) is 31.5 Å². The molecule has 0 heterocycles. The Morgan fingerprint density at radius 2 is 1.81 bits per heavy atom. The molecule has 0 aliphatic rings. The number of nitrogens with one attached hydrogen (secondary N) is 1. The van der Waals surface area contributed by atoms with E-state index in [0.717, 1.165) is 16.6 Å². The summed E-state index contributed by atoms with van der Waals surface area (Å²) < 4.78 is 25.6. The molecule has 0 radical (unpaired) electrons. The van der Waals surface area contributed by atoms with E-state index >= 15 is 0 Å². The molecule has 0 saturated carbocycles. The van der Waals surface area contributed by atoms with Gasteiger partial charge in [0.1, 0.15) is 6.04 Å². The first kappa shape index (κ1) is 20.7. The van der Waals surface area contributed by atoms with Crippen molar-refractivity contribution in [3.63, 3.8) is 0 Å². The van der Waals surface area contributed by atoms with Gasteiger partial charge >= 0.3 is 0 Å². The summed E-state index contributed by atoms with van der Waals surface area (Å²) >= 11 is 5.80. The van der Waals surface area contributed by atoms with Gasteiger partial charge in [-0.3, -0.25) is 19.2 Å². The molecule has 1 unspecified atom stereocenters. The van der Waals surface area contributed by atoms with E-state index in [9.17, 15) is 23.3 Å². The molecule has 0 bridgehead atoms. The van der Waals surface area contributed by atoms with Gasteiger partial charge in [0.15, 0.2) is 0 Å². The van der Waals surface area contributed by atoms with E-state index in [1.54, 1.807) is 31.2 Å². The van der Waals surface area contributed by atoms with Crippen LogP contribution in [-0.2, 0) is 14.8 Å². The highest BCUT2D eigenvalue weighted by Gasteiger charge is 2.31. The molecule has 27 heavy (non-hydrogen) atoms. The van der Waals surface area contributed by atoms with Gasteiger partial charge in [0.05, 0.1) is 16.9 Å². The number of nitrogens with zero attached hydrogens (tertiary/aromatic N) is 2. The molecule has 1 N–H and O–H groups in total. The van der Waals surface area contributed by atoms with E-state index in [2.05, 4.69) is 5.32 Å². The first-order chi connectivity index (χ1) is 12.5. The highest BCUT2D eigenvalue weighted by Crippen LogP contribution is 2.29. The number of hydrogen-bond donors (Lipinski definition) is 1. The largest absolute Gasteiger partial charge is 0.324 e. The summed E-state index contributed by atoms with van der Waals surface area (Å²) in [7, 11) is -3.90. The Morgan fingerprint density at radius 3 is 2.33 bits per heavy atom. The molecule has 2 aromatic carbocycles. The van der Waals surface area contributed by atoms with Gasteiger partial charge in [-0.05, 0) is 43.7 Å². The van der Waals surface area contributed by atoms with Crippen molar-refractivity contribution in [2.75, 3.05) is 15.9 Å². The van der Waals surface area contributed by atoms with E-state index in [-0.39, 0.29) is 11.4 Å². The number of benzene rings is 2. The van der Waals surface area contributed by atoms with Crippen molar-refractivity contribution in [3.05, 3.63) is 63.2 Å². The Balaban J connectivity index is 2.42. The fourth-order valence-electron chi connectivity index (χ4n) is 2.51. The normalized spacial score (nSPS) is 12.3. The number of carbonyl (C=O) groups is 1. The zero-order valence-corrected chi connectivity index (χ0v) is 16.4. The van der Waals surface area contributed by atoms with E-state index in [4.69, 9.17) is 11.6 Å². The Kier molecular flexibility index (Phi) is 6.07. The number of hydrogen-bond acceptors (Lipinski definition) is 5. The number of aryl methyl sites for hydroxylation is 1. The summed E-state index contributed by atoms with van der Waals surface area (Å²) in [5.41, 5.74) is 0.734. The summed E-state index contributed by atoms with van der Waals surface area (Å²) in [5.74, 6) is -0.589. The predicted molar refractivity (Wildman–Crippen MR) is 105 cm³/mol. The van der Waals surface area contributed by atoms with Crippen LogP contribution in [0.3, 0.4) is 0 Å². The highest BCUT2D eigenvalue weighted by molar-refractivity contribution is 7.92. The third-order valence-electron chi connectivity index (χ3n) is 3.84. The molecule has 10 heteroatoms. The average Bonchev–Trinajstić information content (AvgIpc) is 2.57. The maximum absolute atomic E-state index is 12.6. The molecular weight excluding hydrogens is 394 g/mol. The van der Waals surface area contributed by atoms with Crippen molar-refractivity contribution in [3.8, 4) is 0 Å². The molecule has 1 atom stereocenters. The second-order valence-corrected chi connectivity index (χ2v) is 8.25. The number of rotatable bonds is 6. The van der Waals surface area contributed by atoms with Gasteiger partial charge in [0.2, 0.25) is 15.9 Å². The van der Waals surface area contributed by atoms with Crippen molar-refractivity contribution in [2.24, 2.45) is 0 Å². The molecule has 0 aliphatic carbocycles. The SMILES string of the molecule is Cc1ccc([N+](=O)[O-])cc1N(C(C)C(=O)Nc1ccc(Cl)cc1)S(C)(=O)=O. The van der Waals surface area contributed by atoms with Gasteiger partial charge in [0, 0.05) is 22.8 Å². The molecule has 2 rings (SSSR count). The molecule has 0 saturated heterocycles. The lowest BCUT2D eigenvalue weighted by atomic mass is 10.1. The average molecular weight is 412 g/mol. The molecule has 2 aromatic rings. The lowest BCUT2D eigenvalue weighted by Gasteiger charge is -2.29. The minimum absolute atomic E-state index is 0.0745. The lowest BCUT2D eigenvalue weighted by Crippen LogP contribution is -2.45. The number of nitro benzene ring substituents is 1. The second kappa shape index (κ2) is 7.93. The zero-order valence-electron chi connectivity index (χ0n) is 14.8. The van der Waals surface area contributed by atoms with Crippen LogP contribution >= 0.6 is 11.6 Å². The van der Waals surface area contributed by atoms with Crippen LogP contribution < -0.4 is 9.62 Å². The molecule has 1 amide bonds. The Bertz CT molecular complexity index is 977. The number of halogens is 1. The predicted octanol–water partition coefficient (Wildman–Crippen LogP) is 3.35. The van der Waals surface area contributed by atoms with Crippen molar-refractivity contribution >= 4 is 44.6 Å². The third-order valence-corrected chi connectivity index (χ3v) is 5.32. The summed E-state index contributed by atoms with van der Waals surface area (Å²) in [6.07, 6.45) is 0.942. The zero-order chi connectivity index (χ0) is 20.4. The van der Waals surface area contributed by atoms with E-state index in [1.165, 1.54) is 19.1 Å². The van der Waals surface area contributed by atoms with Crippen molar-refractivity contribution in [2.45, 2.75) is 19.9 Å². The Hall–Kier alpha value is -2.65. The maximum atomic E-state index is 12.6. The van der Waals surface area contributed by atoms with Crippen LogP contribution in [0.5, 0.6) is 0 Å². The fourth-order valence-corrected chi connectivity index (χ4v) is 3.86. The molecule has 0 spiro atoms. The van der Waals surface area contributed by atoms with Crippen LogP contribution in [0, 0.1) is 17.0 Å². The van der Waals surface area contributed by atoms with Gasteiger partial charge in [-0.1, -0.05) is 17.7 Å². The summed E-state index contributed by atoms with van der Waals surface area (Å²) in [5, 5.41) is 14.2. The Labute approximate surface area is 162 Å². The first-order valence-electron chi connectivity index (χ1n) is 7.81. The number of anilines is 2. The van der Waals surface area contributed by atoms with Gasteiger partial charge in [-0.2, -0.15) is 0 Å². The van der Waals surface area contributed by atoms with Gasteiger partial charge in [-0.25, -0.2) is 8.42 Å². The molecule has 0 aliphatic heterocycles. The van der Waals surface area contributed by atoms with Crippen LogP contribution in [0.25, 0.3) is 0 Å². The lowest BCUT2D eigenvalue weighted by molar-refractivity contribution is -0.384. The fraction of sp³-hybridized carbons (Fsp3) is 0.235. The third kappa shape index (κ3) is 4.95. The minimum Gasteiger partial charge on any atom is -0.324 e. The van der Waals surface area contributed by atoms with Crippen molar-refractivity contribution in [1.29, 1.82) is 0 Å². The van der Waals surface area contributed by atoms with Gasteiger partial charge < -0.3 is 5.32 Å². The minimum atomic E-state index is -3.90. The number of nitro groups is 1. The molecular formula is C17H18ClN3O5S.